The summed E-state index contributed by atoms with van der Waals surface area (Å²) in [4.78, 5) is 3.77. The number of hydrogen-bond acceptors (Lipinski definition) is 3. The van der Waals surface area contributed by atoms with Crippen molar-refractivity contribution in [2.75, 3.05) is 19.8 Å². The number of alkyl halides is 3. The van der Waals surface area contributed by atoms with Crippen molar-refractivity contribution in [2.45, 2.75) is 46.0 Å². The molecule has 21 heavy (non-hydrogen) atoms. The number of rotatable bonds is 6. The molecule has 0 spiro atoms. The molecular weight excluding hydrogens is 283 g/mol. The molecular formula is C14H22F3N3O. The third-order valence-corrected chi connectivity index (χ3v) is 3.54. The largest absolute Gasteiger partial charge is 0.449 e. The molecule has 0 radical (unpaired) electrons. The Kier molecular flexibility index (Phi) is 5.27. The van der Waals surface area contributed by atoms with Crippen molar-refractivity contribution < 1.29 is 17.9 Å². The molecule has 2 rings (SSSR count). The molecule has 1 aromatic heterocycles. The van der Waals surface area contributed by atoms with Crippen LogP contribution in [0.4, 0.5) is 13.2 Å². The highest BCUT2D eigenvalue weighted by Gasteiger charge is 2.39. The SMILES string of the molecule is CC(C)CCOCCn1c(C(F)(F)F)nc2c1CCNC2. The number of aromatic nitrogens is 2. The summed E-state index contributed by atoms with van der Waals surface area (Å²) in [6.45, 7) is 6.33. The highest BCUT2D eigenvalue weighted by Crippen LogP contribution is 2.31. The molecule has 7 heteroatoms. The first-order chi connectivity index (χ1) is 9.89. The predicted octanol–water partition coefficient (Wildman–Crippen LogP) is 2.61. The Hall–Kier alpha value is -1.08. The topological polar surface area (TPSA) is 39.1 Å². The first kappa shape index (κ1) is 16.3. The zero-order valence-electron chi connectivity index (χ0n) is 12.5. The molecule has 4 nitrogen and oxygen atoms in total. The van der Waals surface area contributed by atoms with Crippen molar-refractivity contribution in [1.82, 2.24) is 14.9 Å². The summed E-state index contributed by atoms with van der Waals surface area (Å²) < 4.78 is 45.9. The lowest BCUT2D eigenvalue weighted by Crippen LogP contribution is -2.26. The second kappa shape index (κ2) is 6.79. The van der Waals surface area contributed by atoms with Gasteiger partial charge >= 0.3 is 6.18 Å². The molecule has 0 saturated heterocycles. The summed E-state index contributed by atoms with van der Waals surface area (Å²) in [5.74, 6) is -0.272. The minimum absolute atomic E-state index is 0.204. The molecule has 0 fully saturated rings. The maximum atomic E-state index is 13.1. The van der Waals surface area contributed by atoms with E-state index in [1.54, 1.807) is 0 Å². The number of fused-ring (bicyclic) bond motifs is 1. The minimum atomic E-state index is -4.42. The van der Waals surface area contributed by atoms with Gasteiger partial charge in [0.2, 0.25) is 5.82 Å². The number of nitrogens with zero attached hydrogens (tertiary/aromatic N) is 2. The van der Waals surface area contributed by atoms with Gasteiger partial charge in [-0.25, -0.2) is 4.98 Å². The Bertz CT molecular complexity index is 469. The predicted molar refractivity (Wildman–Crippen MR) is 72.9 cm³/mol. The van der Waals surface area contributed by atoms with Crippen LogP contribution in [0.5, 0.6) is 0 Å². The zero-order valence-corrected chi connectivity index (χ0v) is 12.5. The van der Waals surface area contributed by atoms with E-state index >= 15 is 0 Å². The average Bonchev–Trinajstić information content (AvgIpc) is 2.77. The molecule has 1 aliphatic heterocycles. The lowest BCUT2D eigenvalue weighted by atomic mass is 10.1. The molecule has 0 aliphatic carbocycles. The van der Waals surface area contributed by atoms with Gasteiger partial charge in [0.25, 0.3) is 0 Å². The molecule has 1 N–H and O–H groups in total. The Balaban J connectivity index is 2.04. The van der Waals surface area contributed by atoms with Crippen molar-refractivity contribution in [3.05, 3.63) is 17.2 Å². The van der Waals surface area contributed by atoms with Gasteiger partial charge in [0.1, 0.15) is 0 Å². The normalized spacial score (nSPS) is 15.5. The van der Waals surface area contributed by atoms with Crippen molar-refractivity contribution in [3.8, 4) is 0 Å². The molecule has 0 atom stereocenters. The highest BCUT2D eigenvalue weighted by atomic mass is 19.4. The smallest absolute Gasteiger partial charge is 0.380 e. The fourth-order valence-electron chi connectivity index (χ4n) is 2.40. The first-order valence-corrected chi connectivity index (χ1v) is 7.33. The van der Waals surface area contributed by atoms with Gasteiger partial charge in [-0.2, -0.15) is 13.2 Å². The van der Waals surface area contributed by atoms with E-state index in [1.165, 1.54) is 4.57 Å². The lowest BCUT2D eigenvalue weighted by molar-refractivity contribution is -0.147. The summed E-state index contributed by atoms with van der Waals surface area (Å²) >= 11 is 0. The summed E-state index contributed by atoms with van der Waals surface area (Å²) in [7, 11) is 0. The zero-order chi connectivity index (χ0) is 15.5. The Morgan fingerprint density at radius 3 is 2.76 bits per heavy atom. The Labute approximate surface area is 122 Å². The summed E-state index contributed by atoms with van der Waals surface area (Å²) in [6, 6.07) is 0. The summed E-state index contributed by atoms with van der Waals surface area (Å²) in [5.41, 5.74) is 1.20. The van der Waals surface area contributed by atoms with Gasteiger partial charge in [0.05, 0.1) is 12.3 Å². The van der Waals surface area contributed by atoms with E-state index in [0.717, 1.165) is 6.42 Å². The molecule has 0 amide bonds. The quantitative estimate of drug-likeness (QED) is 0.821. The van der Waals surface area contributed by atoms with Crippen LogP contribution in [0.2, 0.25) is 0 Å². The number of halogens is 3. The van der Waals surface area contributed by atoms with Crippen molar-refractivity contribution in [3.63, 3.8) is 0 Å². The summed E-state index contributed by atoms with van der Waals surface area (Å²) in [6.07, 6.45) is -2.93. The third-order valence-electron chi connectivity index (χ3n) is 3.54. The molecule has 120 valence electrons. The van der Waals surface area contributed by atoms with Gasteiger partial charge in [-0.05, 0) is 12.3 Å². The van der Waals surface area contributed by atoms with Crippen molar-refractivity contribution in [1.29, 1.82) is 0 Å². The average molecular weight is 305 g/mol. The summed E-state index contributed by atoms with van der Waals surface area (Å²) in [5, 5.41) is 3.05. The van der Waals surface area contributed by atoms with E-state index in [4.69, 9.17) is 4.74 Å². The fraction of sp³-hybridized carbons (Fsp3) is 0.786. The second-order valence-corrected chi connectivity index (χ2v) is 5.70. The van der Waals surface area contributed by atoms with Crippen LogP contribution in [0.1, 0.15) is 37.5 Å². The fourth-order valence-corrected chi connectivity index (χ4v) is 2.40. The molecule has 1 aromatic rings. The number of ether oxygens (including phenoxy) is 1. The van der Waals surface area contributed by atoms with Gasteiger partial charge < -0.3 is 14.6 Å². The van der Waals surface area contributed by atoms with E-state index < -0.39 is 12.0 Å². The molecule has 0 aromatic carbocycles. The molecule has 2 heterocycles. The van der Waals surface area contributed by atoms with Crippen LogP contribution in [0.25, 0.3) is 0 Å². The van der Waals surface area contributed by atoms with E-state index in [1.807, 2.05) is 0 Å². The monoisotopic (exact) mass is 305 g/mol. The van der Waals surface area contributed by atoms with Crippen molar-refractivity contribution >= 4 is 0 Å². The van der Waals surface area contributed by atoms with E-state index in [2.05, 4.69) is 24.1 Å². The van der Waals surface area contributed by atoms with Gasteiger partial charge in [0, 0.05) is 38.4 Å². The van der Waals surface area contributed by atoms with Gasteiger partial charge in [-0.3, -0.25) is 0 Å². The van der Waals surface area contributed by atoms with Crippen LogP contribution in [-0.2, 0) is 30.4 Å². The highest BCUT2D eigenvalue weighted by molar-refractivity contribution is 5.21. The number of hydrogen-bond donors (Lipinski definition) is 1. The number of nitrogens with one attached hydrogen (secondary N) is 1. The standard InChI is InChI=1S/C14H22F3N3O/c1-10(2)4-7-21-8-6-20-12-3-5-18-9-11(12)19-13(20)14(15,16)17/h10,18H,3-9H2,1-2H3. The number of imidazole rings is 1. The van der Waals surface area contributed by atoms with Crippen LogP contribution >= 0.6 is 0 Å². The van der Waals surface area contributed by atoms with E-state index in [0.29, 0.717) is 43.4 Å². The maximum Gasteiger partial charge on any atom is 0.449 e. The van der Waals surface area contributed by atoms with Crippen LogP contribution in [-0.4, -0.2) is 29.3 Å². The molecule has 0 bridgehead atoms. The van der Waals surface area contributed by atoms with Crippen LogP contribution in [0, 0.1) is 5.92 Å². The second-order valence-electron chi connectivity index (χ2n) is 5.70. The first-order valence-electron chi connectivity index (χ1n) is 7.33. The van der Waals surface area contributed by atoms with Gasteiger partial charge in [-0.15, -0.1) is 0 Å². The van der Waals surface area contributed by atoms with Crippen LogP contribution in [0.3, 0.4) is 0 Å². The van der Waals surface area contributed by atoms with Crippen molar-refractivity contribution in [2.24, 2.45) is 5.92 Å². The molecule has 0 saturated carbocycles. The third kappa shape index (κ3) is 4.20. The Morgan fingerprint density at radius 1 is 1.33 bits per heavy atom. The van der Waals surface area contributed by atoms with Crippen LogP contribution < -0.4 is 5.32 Å². The van der Waals surface area contributed by atoms with Gasteiger partial charge in [-0.1, -0.05) is 13.8 Å². The lowest BCUT2D eigenvalue weighted by Gasteiger charge is -2.17. The Morgan fingerprint density at radius 2 is 2.10 bits per heavy atom. The van der Waals surface area contributed by atoms with E-state index in [-0.39, 0.29) is 13.2 Å². The van der Waals surface area contributed by atoms with Crippen LogP contribution in [0.15, 0.2) is 0 Å². The minimum Gasteiger partial charge on any atom is -0.380 e. The molecule has 1 aliphatic rings. The van der Waals surface area contributed by atoms with E-state index in [9.17, 15) is 13.2 Å². The molecule has 0 unspecified atom stereocenters. The van der Waals surface area contributed by atoms with Gasteiger partial charge in [0.15, 0.2) is 0 Å². The maximum absolute atomic E-state index is 13.1.